The molecule has 1 aromatic carbocycles. The third kappa shape index (κ3) is 4.04. The van der Waals surface area contributed by atoms with Gasteiger partial charge in [-0.15, -0.1) is 0 Å². The number of benzene rings is 1. The van der Waals surface area contributed by atoms with Gasteiger partial charge in [0.2, 0.25) is 5.28 Å². The Labute approximate surface area is 128 Å². The molecule has 8 heteroatoms. The first-order valence-corrected chi connectivity index (χ1v) is 8.18. The van der Waals surface area contributed by atoms with Crippen molar-refractivity contribution >= 4 is 21.6 Å². The molecule has 21 heavy (non-hydrogen) atoms. The molecule has 114 valence electrons. The number of hydrogen-bond acceptors (Lipinski definition) is 4. The van der Waals surface area contributed by atoms with Gasteiger partial charge in [-0.05, 0) is 23.6 Å². The number of halogens is 1. The van der Waals surface area contributed by atoms with Crippen molar-refractivity contribution in [2.24, 2.45) is 7.05 Å². The van der Waals surface area contributed by atoms with E-state index in [1.165, 1.54) is 10.8 Å². The molecule has 0 radical (unpaired) electrons. The predicted molar refractivity (Wildman–Crippen MR) is 79.4 cm³/mol. The summed E-state index contributed by atoms with van der Waals surface area (Å²) in [5, 5.41) is 9.92. The molecule has 0 aliphatic heterocycles. The molecule has 0 bridgehead atoms. The van der Waals surface area contributed by atoms with Gasteiger partial charge in [-0.1, -0.05) is 30.3 Å². The second-order valence-electron chi connectivity index (χ2n) is 4.57. The summed E-state index contributed by atoms with van der Waals surface area (Å²) in [6, 6.07) is 9.07. The van der Waals surface area contributed by atoms with Gasteiger partial charge in [-0.2, -0.15) is 0 Å². The summed E-state index contributed by atoms with van der Waals surface area (Å²) in [5.41, 5.74) is 0.748. The third-order valence-electron chi connectivity index (χ3n) is 2.97. The first-order chi connectivity index (χ1) is 9.90. The maximum atomic E-state index is 12.0. The van der Waals surface area contributed by atoms with E-state index in [9.17, 15) is 13.5 Å². The molecule has 1 atom stereocenters. The first kappa shape index (κ1) is 16.0. The Morgan fingerprint density at radius 1 is 1.38 bits per heavy atom. The maximum absolute atomic E-state index is 12.0. The van der Waals surface area contributed by atoms with E-state index in [-0.39, 0.29) is 23.3 Å². The van der Waals surface area contributed by atoms with E-state index >= 15 is 0 Å². The fraction of sp³-hybridized carbons (Fsp3) is 0.308. The average Bonchev–Trinajstić information content (AvgIpc) is 2.80. The highest BCUT2D eigenvalue weighted by molar-refractivity contribution is 7.89. The molecule has 1 aromatic heterocycles. The fourth-order valence-corrected chi connectivity index (χ4v) is 3.02. The molecule has 0 spiro atoms. The van der Waals surface area contributed by atoms with Gasteiger partial charge in [-0.25, -0.2) is 18.1 Å². The Kier molecular flexibility index (Phi) is 5.00. The van der Waals surface area contributed by atoms with Gasteiger partial charge in [0.1, 0.15) is 0 Å². The number of sulfonamides is 1. The normalized spacial score (nSPS) is 13.3. The Morgan fingerprint density at radius 2 is 2.05 bits per heavy atom. The molecule has 0 amide bonds. The topological polar surface area (TPSA) is 84.2 Å². The van der Waals surface area contributed by atoms with Crippen LogP contribution in [0.15, 0.2) is 41.6 Å². The number of imidazole rings is 1. The van der Waals surface area contributed by atoms with Crippen molar-refractivity contribution in [1.29, 1.82) is 0 Å². The average molecular weight is 330 g/mol. The molecule has 0 saturated carbocycles. The molecule has 0 aliphatic rings. The van der Waals surface area contributed by atoms with Gasteiger partial charge >= 0.3 is 0 Å². The molecule has 2 aromatic rings. The monoisotopic (exact) mass is 329 g/mol. The standard InChI is InChI=1S/C13H16ClN3O3S/c1-17-9-12(16-13(17)14)21(19,20)15-8-7-11(18)10-5-3-2-4-6-10/h2-6,9,11,15,18H,7-8H2,1H3. The largest absolute Gasteiger partial charge is 0.388 e. The van der Waals surface area contributed by atoms with Gasteiger partial charge in [-0.3, -0.25) is 0 Å². The summed E-state index contributed by atoms with van der Waals surface area (Å²) in [4.78, 5) is 3.75. The van der Waals surface area contributed by atoms with Crippen molar-refractivity contribution in [3.05, 3.63) is 47.4 Å². The van der Waals surface area contributed by atoms with E-state index in [4.69, 9.17) is 11.6 Å². The predicted octanol–water partition coefficient (Wildman–Crippen LogP) is 1.48. The van der Waals surface area contributed by atoms with Gasteiger partial charge in [0, 0.05) is 19.8 Å². The molecule has 0 saturated heterocycles. The van der Waals surface area contributed by atoms with E-state index in [1.807, 2.05) is 18.2 Å². The molecule has 1 heterocycles. The Bertz CT molecular complexity index is 681. The van der Waals surface area contributed by atoms with E-state index in [0.29, 0.717) is 0 Å². The number of nitrogens with zero attached hydrogens (tertiary/aromatic N) is 2. The van der Waals surface area contributed by atoms with E-state index in [1.54, 1.807) is 19.2 Å². The van der Waals surface area contributed by atoms with Crippen LogP contribution in [0.1, 0.15) is 18.1 Å². The lowest BCUT2D eigenvalue weighted by Crippen LogP contribution is -2.26. The second kappa shape index (κ2) is 6.57. The summed E-state index contributed by atoms with van der Waals surface area (Å²) in [6.45, 7) is 0.104. The van der Waals surface area contributed by atoms with Crippen LogP contribution in [0, 0.1) is 0 Å². The van der Waals surface area contributed by atoms with Crippen molar-refractivity contribution in [1.82, 2.24) is 14.3 Å². The molecule has 0 fully saturated rings. The van der Waals surface area contributed by atoms with Crippen LogP contribution >= 0.6 is 11.6 Å². The molecular weight excluding hydrogens is 314 g/mol. The molecule has 2 N–H and O–H groups in total. The van der Waals surface area contributed by atoms with Crippen LogP contribution in [-0.2, 0) is 17.1 Å². The highest BCUT2D eigenvalue weighted by Crippen LogP contribution is 2.16. The number of aryl methyl sites for hydroxylation is 1. The van der Waals surface area contributed by atoms with Crippen LogP contribution in [0.2, 0.25) is 5.28 Å². The lowest BCUT2D eigenvalue weighted by Gasteiger charge is -2.11. The molecule has 0 aliphatic carbocycles. The van der Waals surface area contributed by atoms with Gasteiger partial charge in [0.05, 0.1) is 6.10 Å². The summed E-state index contributed by atoms with van der Waals surface area (Å²) >= 11 is 5.72. The van der Waals surface area contributed by atoms with Crippen LogP contribution in [0.25, 0.3) is 0 Å². The zero-order valence-corrected chi connectivity index (χ0v) is 13.0. The molecule has 2 rings (SSSR count). The number of nitrogens with one attached hydrogen (secondary N) is 1. The zero-order chi connectivity index (χ0) is 15.5. The number of aliphatic hydroxyl groups excluding tert-OH is 1. The molecule has 1 unspecified atom stereocenters. The van der Waals surface area contributed by atoms with Crippen molar-refractivity contribution in [3.8, 4) is 0 Å². The van der Waals surface area contributed by atoms with Crippen molar-refractivity contribution in [2.75, 3.05) is 6.54 Å². The number of aliphatic hydroxyl groups is 1. The Morgan fingerprint density at radius 3 is 2.62 bits per heavy atom. The highest BCUT2D eigenvalue weighted by atomic mass is 35.5. The third-order valence-corrected chi connectivity index (χ3v) is 4.65. The summed E-state index contributed by atoms with van der Waals surface area (Å²) in [7, 11) is -2.11. The second-order valence-corrected chi connectivity index (χ2v) is 6.62. The van der Waals surface area contributed by atoms with Crippen LogP contribution in [0.3, 0.4) is 0 Å². The zero-order valence-electron chi connectivity index (χ0n) is 11.4. The van der Waals surface area contributed by atoms with Gasteiger partial charge in [0.25, 0.3) is 10.0 Å². The highest BCUT2D eigenvalue weighted by Gasteiger charge is 2.19. The number of hydrogen-bond donors (Lipinski definition) is 2. The fourth-order valence-electron chi connectivity index (χ4n) is 1.79. The van der Waals surface area contributed by atoms with E-state index < -0.39 is 16.1 Å². The van der Waals surface area contributed by atoms with E-state index in [2.05, 4.69) is 9.71 Å². The SMILES string of the molecule is Cn1cc(S(=O)(=O)NCCC(O)c2ccccc2)nc1Cl. The summed E-state index contributed by atoms with van der Waals surface area (Å²) in [5.74, 6) is 0. The minimum Gasteiger partial charge on any atom is -0.388 e. The van der Waals surface area contributed by atoms with Crippen LogP contribution in [0.4, 0.5) is 0 Å². The summed E-state index contributed by atoms with van der Waals surface area (Å²) < 4.78 is 27.8. The lowest BCUT2D eigenvalue weighted by molar-refractivity contribution is 0.169. The minimum absolute atomic E-state index is 0.0969. The maximum Gasteiger partial charge on any atom is 0.259 e. The molecule has 6 nitrogen and oxygen atoms in total. The minimum atomic E-state index is -3.72. The number of aromatic nitrogens is 2. The van der Waals surface area contributed by atoms with Crippen molar-refractivity contribution < 1.29 is 13.5 Å². The van der Waals surface area contributed by atoms with Gasteiger partial charge < -0.3 is 9.67 Å². The Balaban J connectivity index is 1.93. The van der Waals surface area contributed by atoms with Crippen molar-refractivity contribution in [2.45, 2.75) is 17.6 Å². The van der Waals surface area contributed by atoms with Crippen molar-refractivity contribution in [3.63, 3.8) is 0 Å². The summed E-state index contributed by atoms with van der Waals surface area (Å²) in [6.07, 6.45) is 0.878. The quantitative estimate of drug-likeness (QED) is 0.840. The smallest absolute Gasteiger partial charge is 0.259 e. The number of rotatable bonds is 6. The Hall–Kier alpha value is -1.41. The molecular formula is C13H16ClN3O3S. The first-order valence-electron chi connectivity index (χ1n) is 6.31. The van der Waals surface area contributed by atoms with Crippen LogP contribution < -0.4 is 4.72 Å². The van der Waals surface area contributed by atoms with Crippen LogP contribution in [0.5, 0.6) is 0 Å². The lowest BCUT2D eigenvalue weighted by atomic mass is 10.1. The van der Waals surface area contributed by atoms with Gasteiger partial charge in [0.15, 0.2) is 5.03 Å². The van der Waals surface area contributed by atoms with E-state index in [0.717, 1.165) is 5.56 Å². The van der Waals surface area contributed by atoms with Crippen LogP contribution in [-0.4, -0.2) is 29.6 Å².